The Morgan fingerprint density at radius 2 is 1.76 bits per heavy atom. The SMILES string of the molecule is COc1ccc(S(=O)(=O)N2CCN([C@H](C)c3cccnc3)CC2)cc1. The molecule has 0 N–H and O–H groups in total. The Morgan fingerprint density at radius 1 is 1.08 bits per heavy atom. The molecular formula is C18H23N3O3S. The summed E-state index contributed by atoms with van der Waals surface area (Å²) in [7, 11) is -1.90. The molecule has 0 bridgehead atoms. The molecule has 0 aliphatic carbocycles. The van der Waals surface area contributed by atoms with Gasteiger partial charge in [-0.3, -0.25) is 9.88 Å². The molecule has 1 atom stereocenters. The summed E-state index contributed by atoms with van der Waals surface area (Å²) in [6.45, 7) is 4.50. The van der Waals surface area contributed by atoms with Crippen molar-refractivity contribution in [2.24, 2.45) is 0 Å². The summed E-state index contributed by atoms with van der Waals surface area (Å²) in [5.41, 5.74) is 1.15. The smallest absolute Gasteiger partial charge is 0.243 e. The zero-order valence-electron chi connectivity index (χ0n) is 14.5. The highest BCUT2D eigenvalue weighted by atomic mass is 32.2. The van der Waals surface area contributed by atoms with E-state index < -0.39 is 10.0 Å². The lowest BCUT2D eigenvalue weighted by Gasteiger charge is -2.37. The molecule has 134 valence electrons. The van der Waals surface area contributed by atoms with Crippen LogP contribution in [0, 0.1) is 0 Å². The third kappa shape index (κ3) is 3.84. The van der Waals surface area contributed by atoms with E-state index in [0.29, 0.717) is 36.8 Å². The molecule has 1 aromatic heterocycles. The average molecular weight is 361 g/mol. The van der Waals surface area contributed by atoms with Crippen molar-refractivity contribution in [3.8, 4) is 5.75 Å². The number of nitrogens with zero attached hydrogens (tertiary/aromatic N) is 3. The van der Waals surface area contributed by atoms with Crippen molar-refractivity contribution in [1.82, 2.24) is 14.2 Å². The quantitative estimate of drug-likeness (QED) is 0.817. The van der Waals surface area contributed by atoms with E-state index in [1.54, 1.807) is 41.9 Å². The zero-order chi connectivity index (χ0) is 17.9. The van der Waals surface area contributed by atoms with Crippen LogP contribution in [0.4, 0.5) is 0 Å². The second-order valence-corrected chi connectivity index (χ2v) is 8.02. The normalized spacial score (nSPS) is 18.0. The maximum Gasteiger partial charge on any atom is 0.243 e. The number of pyridine rings is 1. The van der Waals surface area contributed by atoms with Crippen molar-refractivity contribution in [3.05, 3.63) is 54.4 Å². The van der Waals surface area contributed by atoms with E-state index in [4.69, 9.17) is 4.74 Å². The predicted octanol–water partition coefficient (Wildman–Crippen LogP) is 2.16. The second-order valence-electron chi connectivity index (χ2n) is 6.08. The van der Waals surface area contributed by atoms with Gasteiger partial charge in [-0.05, 0) is 42.8 Å². The number of piperazine rings is 1. The molecule has 25 heavy (non-hydrogen) atoms. The van der Waals surface area contributed by atoms with Crippen LogP contribution in [0.5, 0.6) is 5.75 Å². The maximum atomic E-state index is 12.8. The summed E-state index contributed by atoms with van der Waals surface area (Å²) >= 11 is 0. The molecule has 1 aliphatic rings. The lowest BCUT2D eigenvalue weighted by molar-refractivity contribution is 0.145. The van der Waals surface area contributed by atoms with Crippen LogP contribution in [0.15, 0.2) is 53.7 Å². The Bertz CT molecular complexity index is 786. The largest absolute Gasteiger partial charge is 0.497 e. The molecule has 0 saturated carbocycles. The number of methoxy groups -OCH3 is 1. The number of ether oxygens (including phenoxy) is 1. The van der Waals surface area contributed by atoms with Crippen LogP contribution in [0.25, 0.3) is 0 Å². The van der Waals surface area contributed by atoms with Crippen molar-refractivity contribution >= 4 is 10.0 Å². The Hall–Kier alpha value is -1.96. The minimum absolute atomic E-state index is 0.222. The monoisotopic (exact) mass is 361 g/mol. The number of hydrogen-bond donors (Lipinski definition) is 0. The van der Waals surface area contributed by atoms with Crippen LogP contribution in [0.3, 0.4) is 0 Å². The molecule has 1 saturated heterocycles. The van der Waals surface area contributed by atoms with E-state index in [1.807, 2.05) is 12.3 Å². The fourth-order valence-corrected chi connectivity index (χ4v) is 4.48. The molecular weight excluding hydrogens is 338 g/mol. The molecule has 2 aromatic rings. The van der Waals surface area contributed by atoms with Gasteiger partial charge in [0.05, 0.1) is 12.0 Å². The van der Waals surface area contributed by atoms with Crippen LogP contribution in [0.2, 0.25) is 0 Å². The zero-order valence-corrected chi connectivity index (χ0v) is 15.3. The molecule has 0 amide bonds. The Kier molecular flexibility index (Phi) is 5.36. The van der Waals surface area contributed by atoms with Crippen molar-refractivity contribution in [1.29, 1.82) is 0 Å². The topological polar surface area (TPSA) is 62.7 Å². The summed E-state index contributed by atoms with van der Waals surface area (Å²) in [4.78, 5) is 6.76. The van der Waals surface area contributed by atoms with Crippen molar-refractivity contribution in [3.63, 3.8) is 0 Å². The van der Waals surface area contributed by atoms with Crippen LogP contribution in [0.1, 0.15) is 18.5 Å². The van der Waals surface area contributed by atoms with E-state index in [2.05, 4.69) is 22.9 Å². The summed E-state index contributed by atoms with van der Waals surface area (Å²) in [5.74, 6) is 0.647. The van der Waals surface area contributed by atoms with E-state index in [1.165, 1.54) is 0 Å². The highest BCUT2D eigenvalue weighted by Gasteiger charge is 2.30. The molecule has 3 rings (SSSR count). The van der Waals surface area contributed by atoms with Crippen molar-refractivity contribution < 1.29 is 13.2 Å². The van der Waals surface area contributed by atoms with Crippen molar-refractivity contribution in [2.75, 3.05) is 33.3 Å². The van der Waals surface area contributed by atoms with Gasteiger partial charge in [-0.25, -0.2) is 8.42 Å². The third-order valence-corrected chi connectivity index (χ3v) is 6.60. The molecule has 0 radical (unpaired) electrons. The fourth-order valence-electron chi connectivity index (χ4n) is 3.06. The van der Waals surface area contributed by atoms with Crippen LogP contribution >= 0.6 is 0 Å². The van der Waals surface area contributed by atoms with Gasteiger partial charge in [0.2, 0.25) is 10.0 Å². The van der Waals surface area contributed by atoms with Gasteiger partial charge in [0.25, 0.3) is 0 Å². The molecule has 1 aliphatic heterocycles. The van der Waals surface area contributed by atoms with E-state index in [9.17, 15) is 8.42 Å². The predicted molar refractivity (Wildman–Crippen MR) is 96.0 cm³/mol. The molecule has 1 fully saturated rings. The van der Waals surface area contributed by atoms with E-state index in [0.717, 1.165) is 5.56 Å². The number of aromatic nitrogens is 1. The van der Waals surface area contributed by atoms with Gasteiger partial charge >= 0.3 is 0 Å². The standard InChI is InChI=1S/C18H23N3O3S/c1-15(16-4-3-9-19-14-16)20-10-12-21(13-11-20)25(22,23)18-7-5-17(24-2)6-8-18/h3-9,14-15H,10-13H2,1-2H3/t15-/m1/s1. The first kappa shape index (κ1) is 17.8. The third-order valence-electron chi connectivity index (χ3n) is 4.68. The minimum Gasteiger partial charge on any atom is -0.497 e. The number of hydrogen-bond acceptors (Lipinski definition) is 5. The molecule has 0 spiro atoms. The summed E-state index contributed by atoms with van der Waals surface area (Å²) in [5, 5.41) is 0. The van der Waals surface area contributed by atoms with Gasteiger partial charge in [-0.2, -0.15) is 4.31 Å². The summed E-state index contributed by atoms with van der Waals surface area (Å²) in [6.07, 6.45) is 3.63. The van der Waals surface area contributed by atoms with Crippen LogP contribution in [-0.4, -0.2) is 55.9 Å². The Balaban J connectivity index is 1.66. The van der Waals surface area contributed by atoms with Gasteiger partial charge < -0.3 is 4.74 Å². The second kappa shape index (κ2) is 7.51. The van der Waals surface area contributed by atoms with E-state index in [-0.39, 0.29) is 6.04 Å². The highest BCUT2D eigenvalue weighted by molar-refractivity contribution is 7.89. The van der Waals surface area contributed by atoms with Gasteiger partial charge in [-0.15, -0.1) is 0 Å². The molecule has 1 aromatic carbocycles. The molecule has 0 unspecified atom stereocenters. The lowest BCUT2D eigenvalue weighted by atomic mass is 10.1. The van der Waals surface area contributed by atoms with Crippen molar-refractivity contribution in [2.45, 2.75) is 17.9 Å². The Labute approximate surface area is 149 Å². The summed E-state index contributed by atoms with van der Waals surface area (Å²) in [6, 6.07) is 10.7. The van der Waals surface area contributed by atoms with Crippen LogP contribution < -0.4 is 4.74 Å². The van der Waals surface area contributed by atoms with Gasteiger partial charge in [-0.1, -0.05) is 6.07 Å². The highest BCUT2D eigenvalue weighted by Crippen LogP contribution is 2.24. The van der Waals surface area contributed by atoms with Crippen LogP contribution in [-0.2, 0) is 10.0 Å². The van der Waals surface area contributed by atoms with Gasteiger partial charge in [0, 0.05) is 44.6 Å². The average Bonchev–Trinajstić information content (AvgIpc) is 2.68. The maximum absolute atomic E-state index is 12.8. The Morgan fingerprint density at radius 3 is 2.32 bits per heavy atom. The fraction of sp³-hybridized carbons (Fsp3) is 0.389. The molecule has 7 heteroatoms. The van der Waals surface area contributed by atoms with Gasteiger partial charge in [0.15, 0.2) is 0 Å². The first-order valence-corrected chi connectivity index (χ1v) is 9.74. The summed E-state index contributed by atoms with van der Waals surface area (Å²) < 4.78 is 32.2. The molecule has 2 heterocycles. The first-order valence-electron chi connectivity index (χ1n) is 8.30. The lowest BCUT2D eigenvalue weighted by Crippen LogP contribution is -2.49. The first-order chi connectivity index (χ1) is 12.0. The minimum atomic E-state index is -3.46. The number of sulfonamides is 1. The number of benzene rings is 1. The number of rotatable bonds is 5. The van der Waals surface area contributed by atoms with E-state index >= 15 is 0 Å². The molecule has 6 nitrogen and oxygen atoms in total. The van der Waals surface area contributed by atoms with Gasteiger partial charge in [0.1, 0.15) is 5.75 Å².